The number of carbonyl (C=O) groups is 2. The molecule has 0 heterocycles. The van der Waals surface area contributed by atoms with Gasteiger partial charge in [0, 0.05) is 12.8 Å². The summed E-state index contributed by atoms with van der Waals surface area (Å²) in [6, 6.07) is 13.7. The Morgan fingerprint density at radius 1 is 1.04 bits per heavy atom. The number of rotatable bonds is 6. The molecular formula is C18H18ClFN2O2. The molecule has 2 aromatic rings. The van der Waals surface area contributed by atoms with Crippen LogP contribution in [0.25, 0.3) is 0 Å². The Hall–Kier alpha value is -2.40. The number of hydrogen-bond donors (Lipinski definition) is 2. The van der Waals surface area contributed by atoms with E-state index < -0.39 is 11.7 Å². The van der Waals surface area contributed by atoms with E-state index in [1.807, 2.05) is 37.3 Å². The highest BCUT2D eigenvalue weighted by Gasteiger charge is 2.13. The van der Waals surface area contributed by atoms with E-state index in [-0.39, 0.29) is 35.5 Å². The number of halogens is 2. The van der Waals surface area contributed by atoms with Gasteiger partial charge in [-0.05, 0) is 24.6 Å². The van der Waals surface area contributed by atoms with Crippen LogP contribution >= 0.6 is 11.6 Å². The lowest BCUT2D eigenvalue weighted by atomic mass is 10.1. The molecule has 2 rings (SSSR count). The zero-order chi connectivity index (χ0) is 17.5. The van der Waals surface area contributed by atoms with E-state index in [1.165, 1.54) is 18.2 Å². The molecule has 6 heteroatoms. The third kappa shape index (κ3) is 5.06. The Bertz CT molecular complexity index is 722. The van der Waals surface area contributed by atoms with Crippen LogP contribution in [0, 0.1) is 5.82 Å². The smallest absolute Gasteiger partial charge is 0.224 e. The van der Waals surface area contributed by atoms with Crippen LogP contribution in [0.1, 0.15) is 31.4 Å². The van der Waals surface area contributed by atoms with Gasteiger partial charge in [-0.3, -0.25) is 9.59 Å². The van der Waals surface area contributed by atoms with Crippen LogP contribution in [0.2, 0.25) is 5.02 Å². The fourth-order valence-corrected chi connectivity index (χ4v) is 2.35. The van der Waals surface area contributed by atoms with E-state index in [9.17, 15) is 14.0 Å². The van der Waals surface area contributed by atoms with Crippen LogP contribution in [0.5, 0.6) is 0 Å². The van der Waals surface area contributed by atoms with E-state index in [2.05, 4.69) is 10.6 Å². The first-order valence-electron chi connectivity index (χ1n) is 7.55. The molecule has 0 saturated carbocycles. The van der Waals surface area contributed by atoms with E-state index in [0.717, 1.165) is 5.56 Å². The van der Waals surface area contributed by atoms with E-state index in [0.29, 0.717) is 0 Å². The highest BCUT2D eigenvalue weighted by atomic mass is 35.5. The second-order valence-electron chi connectivity index (χ2n) is 5.35. The molecule has 0 aliphatic rings. The van der Waals surface area contributed by atoms with Gasteiger partial charge in [-0.25, -0.2) is 4.39 Å². The lowest BCUT2D eigenvalue weighted by Gasteiger charge is -2.14. The van der Waals surface area contributed by atoms with E-state index in [1.54, 1.807) is 0 Å². The number of hydrogen-bond acceptors (Lipinski definition) is 2. The number of anilines is 1. The summed E-state index contributed by atoms with van der Waals surface area (Å²) >= 11 is 5.65. The van der Waals surface area contributed by atoms with Gasteiger partial charge in [0.2, 0.25) is 11.8 Å². The van der Waals surface area contributed by atoms with Crippen LogP contribution in [0.15, 0.2) is 48.5 Å². The van der Waals surface area contributed by atoms with Crippen LogP contribution in [0.4, 0.5) is 10.1 Å². The molecule has 0 aliphatic carbocycles. The Morgan fingerprint density at radius 2 is 1.71 bits per heavy atom. The minimum Gasteiger partial charge on any atom is -0.350 e. The largest absolute Gasteiger partial charge is 0.350 e. The van der Waals surface area contributed by atoms with Crippen molar-refractivity contribution >= 4 is 29.1 Å². The number of benzene rings is 2. The standard InChI is InChI=1S/C18H18ClFN2O2/c1-12(13-6-3-2-4-7-13)21-16(23)10-11-17(24)22-15-9-5-8-14(19)18(15)20/h2-9,12H,10-11H2,1H3,(H,21,23)(H,22,24)/t12-/m1/s1. The lowest BCUT2D eigenvalue weighted by molar-refractivity contribution is -0.124. The van der Waals surface area contributed by atoms with Gasteiger partial charge in [-0.1, -0.05) is 48.0 Å². The van der Waals surface area contributed by atoms with Gasteiger partial charge in [0.15, 0.2) is 5.82 Å². The van der Waals surface area contributed by atoms with Crippen molar-refractivity contribution in [2.75, 3.05) is 5.32 Å². The van der Waals surface area contributed by atoms with E-state index >= 15 is 0 Å². The summed E-state index contributed by atoms with van der Waals surface area (Å²) in [5.41, 5.74) is 0.988. The minimum atomic E-state index is -0.685. The normalized spacial score (nSPS) is 11.6. The van der Waals surface area contributed by atoms with Crippen LogP contribution in [0.3, 0.4) is 0 Å². The first-order valence-corrected chi connectivity index (χ1v) is 7.93. The maximum absolute atomic E-state index is 13.7. The van der Waals surface area contributed by atoms with Crippen molar-refractivity contribution in [2.24, 2.45) is 0 Å². The van der Waals surface area contributed by atoms with Crippen molar-refractivity contribution in [2.45, 2.75) is 25.8 Å². The Balaban J connectivity index is 1.81. The fraction of sp³-hybridized carbons (Fsp3) is 0.222. The molecule has 4 nitrogen and oxygen atoms in total. The summed E-state index contributed by atoms with van der Waals surface area (Å²) in [6.45, 7) is 1.87. The zero-order valence-electron chi connectivity index (χ0n) is 13.2. The molecule has 0 saturated heterocycles. The van der Waals surface area contributed by atoms with Gasteiger partial charge >= 0.3 is 0 Å². The molecule has 0 unspecified atom stereocenters. The number of amides is 2. The molecule has 0 spiro atoms. The van der Waals surface area contributed by atoms with Gasteiger partial charge in [0.1, 0.15) is 0 Å². The Kier molecular flexibility index (Phi) is 6.32. The second-order valence-corrected chi connectivity index (χ2v) is 5.76. The van der Waals surface area contributed by atoms with E-state index in [4.69, 9.17) is 11.6 Å². The van der Waals surface area contributed by atoms with Crippen LogP contribution in [-0.2, 0) is 9.59 Å². The molecule has 0 radical (unpaired) electrons. The highest BCUT2D eigenvalue weighted by molar-refractivity contribution is 6.31. The molecule has 1 atom stereocenters. The first-order chi connectivity index (χ1) is 11.5. The topological polar surface area (TPSA) is 58.2 Å². The van der Waals surface area contributed by atoms with Crippen molar-refractivity contribution in [1.29, 1.82) is 0 Å². The van der Waals surface area contributed by atoms with Gasteiger partial charge in [0.05, 0.1) is 16.8 Å². The average Bonchev–Trinajstić information content (AvgIpc) is 2.58. The number of carbonyl (C=O) groups excluding carboxylic acids is 2. The minimum absolute atomic E-state index is 0.00515. The van der Waals surface area contributed by atoms with Crippen molar-refractivity contribution in [1.82, 2.24) is 5.32 Å². The molecular weight excluding hydrogens is 331 g/mol. The van der Waals surface area contributed by atoms with Gasteiger partial charge in [-0.15, -0.1) is 0 Å². The SMILES string of the molecule is C[C@@H](NC(=O)CCC(=O)Nc1cccc(Cl)c1F)c1ccccc1. The van der Waals surface area contributed by atoms with Gasteiger partial charge in [-0.2, -0.15) is 0 Å². The summed E-state index contributed by atoms with van der Waals surface area (Å²) in [5.74, 6) is -1.37. The zero-order valence-corrected chi connectivity index (χ0v) is 13.9. The highest BCUT2D eigenvalue weighted by Crippen LogP contribution is 2.22. The Labute approximate surface area is 145 Å². The number of nitrogens with one attached hydrogen (secondary N) is 2. The maximum atomic E-state index is 13.7. The summed E-state index contributed by atoms with van der Waals surface area (Å²) < 4.78 is 13.7. The monoisotopic (exact) mass is 348 g/mol. The summed E-state index contributed by atoms with van der Waals surface area (Å²) in [4.78, 5) is 23.8. The molecule has 0 fully saturated rings. The summed E-state index contributed by atoms with van der Waals surface area (Å²) in [5, 5.41) is 5.17. The predicted octanol–water partition coefficient (Wildman–Crippen LogP) is 4.08. The molecule has 0 aromatic heterocycles. The molecule has 0 aliphatic heterocycles. The summed E-state index contributed by atoms with van der Waals surface area (Å²) in [7, 11) is 0. The average molecular weight is 349 g/mol. The van der Waals surface area contributed by atoms with Crippen molar-refractivity contribution in [3.05, 3.63) is 64.9 Å². The molecule has 24 heavy (non-hydrogen) atoms. The molecule has 0 bridgehead atoms. The molecule has 2 N–H and O–H groups in total. The quantitative estimate of drug-likeness (QED) is 0.826. The third-order valence-corrected chi connectivity index (χ3v) is 3.77. The maximum Gasteiger partial charge on any atom is 0.224 e. The second kappa shape index (κ2) is 8.45. The third-order valence-electron chi connectivity index (χ3n) is 3.48. The molecule has 2 amide bonds. The van der Waals surface area contributed by atoms with Crippen LogP contribution < -0.4 is 10.6 Å². The van der Waals surface area contributed by atoms with Crippen molar-refractivity contribution in [3.63, 3.8) is 0 Å². The van der Waals surface area contributed by atoms with Gasteiger partial charge < -0.3 is 10.6 Å². The summed E-state index contributed by atoms with van der Waals surface area (Å²) in [6.07, 6.45) is -0.0233. The molecule has 2 aromatic carbocycles. The fourth-order valence-electron chi connectivity index (χ4n) is 2.18. The van der Waals surface area contributed by atoms with Crippen molar-refractivity contribution in [3.8, 4) is 0 Å². The molecule has 126 valence electrons. The lowest BCUT2D eigenvalue weighted by Crippen LogP contribution is -2.27. The van der Waals surface area contributed by atoms with Crippen molar-refractivity contribution < 1.29 is 14.0 Å². The Morgan fingerprint density at radius 3 is 2.42 bits per heavy atom. The first kappa shape index (κ1) is 17.9. The van der Waals surface area contributed by atoms with Gasteiger partial charge in [0.25, 0.3) is 0 Å². The van der Waals surface area contributed by atoms with Crippen LogP contribution in [-0.4, -0.2) is 11.8 Å². The predicted molar refractivity (Wildman–Crippen MR) is 92.3 cm³/mol.